The average molecular weight is 488 g/mol. The van der Waals surface area contributed by atoms with Gasteiger partial charge in [-0.1, -0.05) is 18.2 Å². The lowest BCUT2D eigenvalue weighted by molar-refractivity contribution is -0.124. The number of hydrogen-bond acceptors (Lipinski definition) is 6. The van der Waals surface area contributed by atoms with E-state index in [9.17, 15) is 14.4 Å². The van der Waals surface area contributed by atoms with Crippen LogP contribution in [0.4, 0.5) is 4.79 Å². The molecule has 3 N–H and O–H groups in total. The number of hydrogen-bond donors (Lipinski definition) is 3. The van der Waals surface area contributed by atoms with Crippen LogP contribution in [0.1, 0.15) is 35.5 Å². The van der Waals surface area contributed by atoms with E-state index in [0.29, 0.717) is 31.0 Å². The monoisotopic (exact) mass is 487 g/mol. The topological polar surface area (TPSA) is 113 Å². The van der Waals surface area contributed by atoms with Crippen molar-refractivity contribution >= 4 is 28.7 Å². The maximum atomic E-state index is 13.1. The van der Waals surface area contributed by atoms with E-state index in [4.69, 9.17) is 4.74 Å². The van der Waals surface area contributed by atoms with Crippen molar-refractivity contribution in [1.82, 2.24) is 25.8 Å². The van der Waals surface area contributed by atoms with Crippen LogP contribution in [0.15, 0.2) is 54.6 Å². The number of para-hydroxylation sites is 1. The number of carbonyl (C=O) groups is 3. The third-order valence-corrected chi connectivity index (χ3v) is 6.91. The maximum absolute atomic E-state index is 13.1. The molecule has 3 aromatic rings. The van der Waals surface area contributed by atoms with Crippen molar-refractivity contribution in [3.05, 3.63) is 71.4 Å². The first-order chi connectivity index (χ1) is 17.2. The highest BCUT2D eigenvalue weighted by molar-refractivity contribution is 6.08. The minimum Gasteiger partial charge on any atom is -0.489 e. The van der Waals surface area contributed by atoms with Gasteiger partial charge < -0.3 is 15.4 Å². The Labute approximate surface area is 209 Å². The number of nitrogens with one attached hydrogen (secondary N) is 3. The zero-order valence-corrected chi connectivity index (χ0v) is 20.5. The predicted octanol–water partition coefficient (Wildman–Crippen LogP) is 2.52. The molecule has 0 aliphatic carbocycles. The van der Waals surface area contributed by atoms with E-state index in [1.807, 2.05) is 51.1 Å². The number of amides is 4. The van der Waals surface area contributed by atoms with Crippen LogP contribution < -0.4 is 20.7 Å². The lowest BCUT2D eigenvalue weighted by atomic mass is 9.93. The fourth-order valence-corrected chi connectivity index (χ4v) is 4.93. The summed E-state index contributed by atoms with van der Waals surface area (Å²) in [7, 11) is 0. The Balaban J connectivity index is 1.27. The first kappa shape index (κ1) is 23.7. The molecule has 4 amide bonds. The maximum Gasteiger partial charge on any atom is 0.322 e. The molecule has 1 spiro atoms. The van der Waals surface area contributed by atoms with Crippen LogP contribution in [0.25, 0.3) is 10.9 Å². The van der Waals surface area contributed by atoms with E-state index in [1.54, 1.807) is 24.3 Å². The van der Waals surface area contributed by atoms with Crippen LogP contribution in [-0.2, 0) is 11.4 Å². The molecule has 0 bridgehead atoms. The highest BCUT2D eigenvalue weighted by Crippen LogP contribution is 2.27. The van der Waals surface area contributed by atoms with Crippen molar-refractivity contribution in [2.24, 2.45) is 0 Å². The van der Waals surface area contributed by atoms with Gasteiger partial charge in [-0.25, -0.2) is 4.79 Å². The molecule has 2 aromatic carbocycles. The quantitative estimate of drug-likeness (QED) is 0.461. The summed E-state index contributed by atoms with van der Waals surface area (Å²) in [6, 6.07) is 15.9. The molecule has 2 atom stereocenters. The van der Waals surface area contributed by atoms with Crippen molar-refractivity contribution in [2.45, 2.75) is 45.0 Å². The molecular weight excluding hydrogens is 458 g/mol. The number of ether oxygens (including phenoxy) is 1. The second-order valence-corrected chi connectivity index (χ2v) is 9.68. The Hall–Kier alpha value is -3.98. The van der Waals surface area contributed by atoms with Gasteiger partial charge in [-0.15, -0.1) is 0 Å². The Morgan fingerprint density at radius 2 is 1.94 bits per heavy atom. The molecule has 9 nitrogen and oxygen atoms in total. The molecular formula is C27H29N5O4. The number of fused-ring (bicyclic) bond motifs is 1. The Bertz CT molecular complexity index is 1340. The average Bonchev–Trinajstić information content (AvgIpc) is 3.36. The third kappa shape index (κ3) is 4.37. The molecule has 3 heterocycles. The minimum absolute atomic E-state index is 0.159. The molecule has 2 aliphatic heterocycles. The highest BCUT2D eigenvalue weighted by atomic mass is 16.5. The molecule has 2 fully saturated rings. The van der Waals surface area contributed by atoms with Crippen LogP contribution in [0.2, 0.25) is 0 Å². The van der Waals surface area contributed by atoms with Gasteiger partial charge in [0.05, 0.1) is 11.6 Å². The van der Waals surface area contributed by atoms with E-state index < -0.39 is 23.5 Å². The molecule has 0 unspecified atom stereocenters. The van der Waals surface area contributed by atoms with Gasteiger partial charge >= 0.3 is 6.03 Å². The van der Waals surface area contributed by atoms with E-state index in [-0.39, 0.29) is 11.9 Å². The third-order valence-electron chi connectivity index (χ3n) is 6.91. The van der Waals surface area contributed by atoms with Gasteiger partial charge in [0.2, 0.25) is 0 Å². The minimum atomic E-state index is -1.18. The SMILES string of the molecule is Cc1cc(COc2ccc(C(=O)N[C@@H]3CN(C(C)C)C[C@]34NC(=O)NC4=O)cc2)c2ccccc2n1. The first-order valence-electron chi connectivity index (χ1n) is 12.0. The predicted molar refractivity (Wildman–Crippen MR) is 135 cm³/mol. The van der Waals surface area contributed by atoms with Crippen LogP contribution in [0.3, 0.4) is 0 Å². The van der Waals surface area contributed by atoms with Gasteiger partial charge in [0.15, 0.2) is 5.54 Å². The highest BCUT2D eigenvalue weighted by Gasteiger charge is 2.58. The fraction of sp³-hybridized carbons (Fsp3) is 0.333. The summed E-state index contributed by atoms with van der Waals surface area (Å²) in [5.41, 5.74) is 2.16. The van der Waals surface area contributed by atoms with Crippen molar-refractivity contribution in [1.29, 1.82) is 0 Å². The van der Waals surface area contributed by atoms with Gasteiger partial charge in [0, 0.05) is 41.3 Å². The van der Waals surface area contributed by atoms with Crippen LogP contribution in [-0.4, -0.2) is 58.4 Å². The first-order valence-corrected chi connectivity index (χ1v) is 12.0. The zero-order valence-electron chi connectivity index (χ0n) is 20.5. The summed E-state index contributed by atoms with van der Waals surface area (Å²) in [5, 5.41) is 9.07. The summed E-state index contributed by atoms with van der Waals surface area (Å²) in [6.07, 6.45) is 0. The molecule has 36 heavy (non-hydrogen) atoms. The standard InChI is InChI=1S/C27H29N5O4/c1-16(2)32-13-23(27(15-32)25(34)30-26(35)31-27)29-24(33)18-8-10-20(11-9-18)36-14-19-12-17(3)28-22-7-5-4-6-21(19)22/h4-12,16,23H,13-15H2,1-3H3,(H,29,33)(H2,30,31,34,35)/t23-,27+/m1/s1. The molecule has 0 radical (unpaired) electrons. The van der Waals surface area contributed by atoms with E-state index in [0.717, 1.165) is 22.2 Å². The number of imide groups is 1. The van der Waals surface area contributed by atoms with Crippen LogP contribution >= 0.6 is 0 Å². The normalized spacial score (nSPS) is 21.7. The summed E-state index contributed by atoms with van der Waals surface area (Å²) in [4.78, 5) is 44.2. The van der Waals surface area contributed by atoms with Gasteiger partial charge in [-0.05, 0) is 57.2 Å². The van der Waals surface area contributed by atoms with Gasteiger partial charge in [-0.3, -0.25) is 24.8 Å². The summed E-state index contributed by atoms with van der Waals surface area (Å²) >= 11 is 0. The number of carbonyl (C=O) groups excluding carboxylic acids is 3. The summed E-state index contributed by atoms with van der Waals surface area (Å²) in [5.74, 6) is -0.0966. The molecule has 2 aliphatic rings. The van der Waals surface area contributed by atoms with Crippen molar-refractivity contribution in [2.75, 3.05) is 13.1 Å². The van der Waals surface area contributed by atoms with Gasteiger partial charge in [0.1, 0.15) is 12.4 Å². The largest absolute Gasteiger partial charge is 0.489 e. The smallest absolute Gasteiger partial charge is 0.322 e. The fourth-order valence-electron chi connectivity index (χ4n) is 4.93. The number of benzene rings is 2. The number of nitrogens with zero attached hydrogens (tertiary/aromatic N) is 2. The molecule has 5 rings (SSSR count). The van der Waals surface area contributed by atoms with E-state index >= 15 is 0 Å². The second kappa shape index (κ2) is 9.23. The number of likely N-dealkylation sites (tertiary alicyclic amines) is 1. The van der Waals surface area contributed by atoms with Crippen LogP contribution in [0.5, 0.6) is 5.75 Å². The summed E-state index contributed by atoms with van der Waals surface area (Å²) < 4.78 is 6.00. The Kier molecular flexibility index (Phi) is 6.09. The molecule has 186 valence electrons. The van der Waals surface area contributed by atoms with Crippen LogP contribution in [0, 0.1) is 6.92 Å². The van der Waals surface area contributed by atoms with Gasteiger partial charge in [0.25, 0.3) is 11.8 Å². The molecule has 0 saturated carbocycles. The number of aryl methyl sites for hydroxylation is 1. The van der Waals surface area contributed by atoms with Crippen molar-refractivity contribution in [3.8, 4) is 5.75 Å². The number of pyridine rings is 1. The Morgan fingerprint density at radius 3 is 2.64 bits per heavy atom. The molecule has 1 aromatic heterocycles. The second-order valence-electron chi connectivity index (χ2n) is 9.68. The molecule has 9 heteroatoms. The zero-order chi connectivity index (χ0) is 25.4. The molecule has 2 saturated heterocycles. The van der Waals surface area contributed by atoms with Gasteiger partial charge in [-0.2, -0.15) is 0 Å². The number of aromatic nitrogens is 1. The van der Waals surface area contributed by atoms with E-state index in [1.165, 1.54) is 0 Å². The number of urea groups is 1. The van der Waals surface area contributed by atoms with Crippen molar-refractivity contribution in [3.63, 3.8) is 0 Å². The lowest BCUT2D eigenvalue weighted by Gasteiger charge is -2.27. The lowest BCUT2D eigenvalue weighted by Crippen LogP contribution is -2.62. The van der Waals surface area contributed by atoms with E-state index in [2.05, 4.69) is 25.8 Å². The summed E-state index contributed by atoms with van der Waals surface area (Å²) in [6.45, 7) is 7.15. The Morgan fingerprint density at radius 1 is 1.19 bits per heavy atom. The van der Waals surface area contributed by atoms with Crippen molar-refractivity contribution < 1.29 is 19.1 Å². The number of rotatable bonds is 6.